The third kappa shape index (κ3) is 5.13. The van der Waals surface area contributed by atoms with Gasteiger partial charge in [0.15, 0.2) is 5.43 Å². The average molecular weight is 370 g/mol. The molecule has 0 saturated heterocycles. The zero-order valence-electron chi connectivity index (χ0n) is 13.2. The second kappa shape index (κ2) is 8.75. The van der Waals surface area contributed by atoms with Crippen LogP contribution in [-0.4, -0.2) is 18.2 Å². The number of fused-ring (bicyclic) bond motifs is 1. The Morgan fingerprint density at radius 2 is 1.46 bits per heavy atom. The first-order valence-corrected chi connectivity index (χ1v) is 7.23. The zero-order valence-corrected chi connectivity index (χ0v) is 13.2. The molecule has 3 N–H and O–H groups in total. The quantitative estimate of drug-likeness (QED) is 0.538. The molecule has 26 heavy (non-hydrogen) atoms. The van der Waals surface area contributed by atoms with E-state index in [1.165, 1.54) is 36.5 Å². The van der Waals surface area contributed by atoms with Crippen molar-refractivity contribution in [2.45, 2.75) is 13.2 Å². The Hall–Kier alpha value is -3.23. The molecule has 2 aromatic carbocycles. The SMILES string of the molecule is Nc1ccccc1OC(F)F.O=c1cc[nH]c2c(OC(F)F)cccc12. The van der Waals surface area contributed by atoms with Gasteiger partial charge in [-0.15, -0.1) is 0 Å². The van der Waals surface area contributed by atoms with Crippen molar-refractivity contribution in [3.05, 3.63) is 65.0 Å². The second-order valence-corrected chi connectivity index (χ2v) is 4.82. The highest BCUT2D eigenvalue weighted by Gasteiger charge is 2.09. The number of rotatable bonds is 4. The summed E-state index contributed by atoms with van der Waals surface area (Å²) >= 11 is 0. The largest absolute Gasteiger partial charge is 0.433 e. The molecule has 138 valence electrons. The lowest BCUT2D eigenvalue weighted by molar-refractivity contribution is -0.0498. The first-order valence-electron chi connectivity index (χ1n) is 7.23. The van der Waals surface area contributed by atoms with Gasteiger partial charge in [0.25, 0.3) is 0 Å². The molecular weight excluding hydrogens is 356 g/mol. The van der Waals surface area contributed by atoms with Crippen LogP contribution in [0.5, 0.6) is 11.5 Å². The van der Waals surface area contributed by atoms with E-state index in [0.29, 0.717) is 5.39 Å². The molecule has 0 aliphatic heterocycles. The van der Waals surface area contributed by atoms with Gasteiger partial charge >= 0.3 is 13.2 Å². The Morgan fingerprint density at radius 1 is 0.846 bits per heavy atom. The molecule has 3 rings (SSSR count). The van der Waals surface area contributed by atoms with Gasteiger partial charge < -0.3 is 20.2 Å². The fourth-order valence-electron chi connectivity index (χ4n) is 2.05. The maximum absolute atomic E-state index is 12.0. The number of para-hydroxylation sites is 3. The van der Waals surface area contributed by atoms with E-state index in [1.54, 1.807) is 18.2 Å². The molecule has 0 fully saturated rings. The van der Waals surface area contributed by atoms with Crippen LogP contribution in [0.25, 0.3) is 10.9 Å². The van der Waals surface area contributed by atoms with Gasteiger partial charge in [-0.05, 0) is 24.3 Å². The van der Waals surface area contributed by atoms with Crippen LogP contribution in [0.15, 0.2) is 59.5 Å². The normalized spacial score (nSPS) is 10.5. The summed E-state index contributed by atoms with van der Waals surface area (Å²) in [6.45, 7) is -5.72. The van der Waals surface area contributed by atoms with Crippen molar-refractivity contribution in [3.63, 3.8) is 0 Å². The molecule has 0 unspecified atom stereocenters. The smallest absolute Gasteiger partial charge is 0.387 e. The number of alkyl halides is 4. The molecule has 1 heterocycles. The molecule has 0 aliphatic carbocycles. The molecule has 9 heteroatoms. The maximum Gasteiger partial charge on any atom is 0.387 e. The molecule has 0 atom stereocenters. The van der Waals surface area contributed by atoms with Crippen molar-refractivity contribution < 1.29 is 27.0 Å². The Balaban J connectivity index is 0.000000197. The zero-order chi connectivity index (χ0) is 19.1. The number of nitrogens with one attached hydrogen (secondary N) is 1. The van der Waals surface area contributed by atoms with E-state index in [9.17, 15) is 22.4 Å². The van der Waals surface area contributed by atoms with E-state index < -0.39 is 13.2 Å². The van der Waals surface area contributed by atoms with Crippen molar-refractivity contribution in [1.29, 1.82) is 0 Å². The van der Waals surface area contributed by atoms with E-state index in [1.807, 2.05) is 0 Å². The topological polar surface area (TPSA) is 77.3 Å². The van der Waals surface area contributed by atoms with Crippen molar-refractivity contribution in [3.8, 4) is 11.5 Å². The first-order chi connectivity index (χ1) is 12.4. The number of anilines is 1. The van der Waals surface area contributed by atoms with Gasteiger partial charge in [-0.25, -0.2) is 0 Å². The van der Waals surface area contributed by atoms with Crippen LogP contribution in [0.2, 0.25) is 0 Å². The van der Waals surface area contributed by atoms with E-state index in [4.69, 9.17) is 5.73 Å². The summed E-state index contributed by atoms with van der Waals surface area (Å²) in [7, 11) is 0. The summed E-state index contributed by atoms with van der Waals surface area (Å²) in [4.78, 5) is 14.1. The monoisotopic (exact) mass is 370 g/mol. The highest BCUT2D eigenvalue weighted by Crippen LogP contribution is 2.22. The number of pyridine rings is 1. The molecule has 1 aromatic heterocycles. The van der Waals surface area contributed by atoms with Crippen LogP contribution >= 0.6 is 0 Å². The molecule has 0 aliphatic rings. The van der Waals surface area contributed by atoms with Crippen molar-refractivity contribution in [1.82, 2.24) is 4.98 Å². The number of hydrogen-bond acceptors (Lipinski definition) is 4. The first kappa shape index (κ1) is 19.1. The highest BCUT2D eigenvalue weighted by molar-refractivity contribution is 5.83. The lowest BCUT2D eigenvalue weighted by Gasteiger charge is -2.06. The lowest BCUT2D eigenvalue weighted by atomic mass is 10.2. The van der Waals surface area contributed by atoms with Gasteiger partial charge in [-0.2, -0.15) is 17.6 Å². The van der Waals surface area contributed by atoms with Gasteiger partial charge in [0.05, 0.1) is 11.2 Å². The molecule has 0 amide bonds. The Kier molecular flexibility index (Phi) is 6.42. The molecule has 3 aromatic rings. The summed E-state index contributed by atoms with van der Waals surface area (Å²) in [6, 6.07) is 11.9. The fourth-order valence-corrected chi connectivity index (χ4v) is 2.05. The number of aromatic nitrogens is 1. The minimum absolute atomic E-state index is 0.0162. The molecule has 5 nitrogen and oxygen atoms in total. The van der Waals surface area contributed by atoms with Gasteiger partial charge in [-0.3, -0.25) is 4.79 Å². The Labute approximate surface area is 145 Å². The third-order valence-corrected chi connectivity index (χ3v) is 3.11. The maximum atomic E-state index is 12.0. The average Bonchev–Trinajstić information content (AvgIpc) is 2.58. The van der Waals surface area contributed by atoms with Gasteiger partial charge in [0.2, 0.25) is 0 Å². The third-order valence-electron chi connectivity index (χ3n) is 3.11. The molecule has 0 bridgehead atoms. The van der Waals surface area contributed by atoms with Crippen molar-refractivity contribution in [2.75, 3.05) is 5.73 Å². The number of H-pyrrole nitrogens is 1. The summed E-state index contributed by atoms with van der Waals surface area (Å²) in [5.41, 5.74) is 5.58. The Bertz CT molecular complexity index is 916. The van der Waals surface area contributed by atoms with Crippen LogP contribution in [-0.2, 0) is 0 Å². The number of halogens is 4. The summed E-state index contributed by atoms with van der Waals surface area (Å²) in [5.74, 6) is -0.0114. The summed E-state index contributed by atoms with van der Waals surface area (Å²) < 4.78 is 55.7. The van der Waals surface area contributed by atoms with E-state index in [0.717, 1.165) is 0 Å². The molecule has 0 radical (unpaired) electrons. The van der Waals surface area contributed by atoms with Gasteiger partial charge in [-0.1, -0.05) is 18.2 Å². The lowest BCUT2D eigenvalue weighted by Crippen LogP contribution is -2.05. The van der Waals surface area contributed by atoms with E-state index in [2.05, 4.69) is 14.5 Å². The Morgan fingerprint density at radius 3 is 2.12 bits per heavy atom. The van der Waals surface area contributed by atoms with E-state index >= 15 is 0 Å². The molecule has 0 spiro atoms. The highest BCUT2D eigenvalue weighted by atomic mass is 19.3. The van der Waals surface area contributed by atoms with Gasteiger partial charge in [0, 0.05) is 17.6 Å². The number of benzene rings is 2. The van der Waals surface area contributed by atoms with Crippen LogP contribution in [0, 0.1) is 0 Å². The number of hydrogen-bond donors (Lipinski definition) is 2. The van der Waals surface area contributed by atoms with Crippen molar-refractivity contribution >= 4 is 16.6 Å². The fraction of sp³-hybridized carbons (Fsp3) is 0.118. The van der Waals surface area contributed by atoms with Crippen LogP contribution in [0.1, 0.15) is 0 Å². The minimum Gasteiger partial charge on any atom is -0.433 e. The van der Waals surface area contributed by atoms with Crippen LogP contribution < -0.4 is 20.6 Å². The number of nitrogens with two attached hydrogens (primary N) is 1. The predicted molar refractivity (Wildman–Crippen MR) is 88.7 cm³/mol. The van der Waals surface area contributed by atoms with E-state index in [-0.39, 0.29) is 28.1 Å². The second-order valence-electron chi connectivity index (χ2n) is 4.82. The molecular formula is C17H14F4N2O3. The van der Waals surface area contributed by atoms with Crippen LogP contribution in [0.4, 0.5) is 23.2 Å². The molecule has 0 saturated carbocycles. The number of nitrogen functional groups attached to an aromatic ring is 1. The summed E-state index contributed by atoms with van der Waals surface area (Å²) in [6.07, 6.45) is 1.39. The summed E-state index contributed by atoms with van der Waals surface area (Å²) in [5, 5.41) is 0.329. The van der Waals surface area contributed by atoms with Gasteiger partial charge in [0.1, 0.15) is 11.5 Å². The standard InChI is InChI=1S/C10H7F2NO2.C7H7F2NO/c11-10(12)15-8-3-1-2-6-7(14)4-5-13-9(6)8;8-7(9)11-6-4-2-1-3-5(6)10/h1-5,10H,(H,13,14);1-4,7H,10H2. The predicted octanol–water partition coefficient (Wildman–Crippen LogP) is 4.00. The number of ether oxygens (including phenoxy) is 2. The number of aromatic amines is 1. The van der Waals surface area contributed by atoms with Crippen LogP contribution in [0.3, 0.4) is 0 Å². The van der Waals surface area contributed by atoms with Crippen molar-refractivity contribution in [2.24, 2.45) is 0 Å². The minimum atomic E-state index is -2.90.